The van der Waals surface area contributed by atoms with E-state index < -0.39 is 0 Å². The van der Waals surface area contributed by atoms with Crippen molar-refractivity contribution in [2.45, 2.75) is 58.5 Å². The minimum atomic E-state index is -0.228. The zero-order chi connectivity index (χ0) is 22.2. The number of nitrogens with one attached hydrogen (secondary N) is 2. The van der Waals surface area contributed by atoms with Gasteiger partial charge < -0.3 is 15.5 Å². The Morgan fingerprint density at radius 2 is 1.94 bits per heavy atom. The molecule has 2 atom stereocenters. The monoisotopic (exact) mass is 437 g/mol. The third-order valence-electron chi connectivity index (χ3n) is 7.33. The van der Waals surface area contributed by atoms with Crippen molar-refractivity contribution in [2.75, 3.05) is 23.3 Å². The largest absolute Gasteiger partial charge is 0.365 e. The second kappa shape index (κ2) is 8.68. The van der Waals surface area contributed by atoms with Crippen LogP contribution in [0.1, 0.15) is 60.5 Å². The Bertz CT molecular complexity index is 994. The maximum atomic E-state index is 14.0. The Morgan fingerprint density at radius 3 is 2.66 bits per heavy atom. The summed E-state index contributed by atoms with van der Waals surface area (Å²) in [7, 11) is 0. The summed E-state index contributed by atoms with van der Waals surface area (Å²) in [6, 6.07) is 5.39. The number of rotatable bonds is 6. The van der Waals surface area contributed by atoms with Gasteiger partial charge in [0.15, 0.2) is 0 Å². The Labute approximate surface area is 189 Å². The molecule has 3 aliphatic rings. The number of aromatic nitrogens is 2. The Balaban J connectivity index is 1.34. The number of carbonyl (C=O) groups is 1. The lowest BCUT2D eigenvalue weighted by atomic mass is 9.87. The van der Waals surface area contributed by atoms with E-state index in [1.807, 2.05) is 6.07 Å². The van der Waals surface area contributed by atoms with Gasteiger partial charge in [0.1, 0.15) is 17.2 Å². The second-order valence-corrected chi connectivity index (χ2v) is 9.96. The molecule has 0 bridgehead atoms. The van der Waals surface area contributed by atoms with Crippen LogP contribution in [0.15, 0.2) is 24.4 Å². The number of halogens is 1. The van der Waals surface area contributed by atoms with Gasteiger partial charge >= 0.3 is 0 Å². The summed E-state index contributed by atoms with van der Waals surface area (Å²) >= 11 is 0. The maximum Gasteiger partial charge on any atom is 0.256 e. The molecule has 32 heavy (non-hydrogen) atoms. The summed E-state index contributed by atoms with van der Waals surface area (Å²) in [6.45, 7) is 6.37. The molecule has 2 aliphatic carbocycles. The highest BCUT2D eigenvalue weighted by Gasteiger charge is 2.46. The lowest BCUT2D eigenvalue weighted by molar-refractivity contribution is 0.0923. The normalized spacial score (nSPS) is 26.5. The molecule has 0 spiro atoms. The van der Waals surface area contributed by atoms with E-state index in [9.17, 15) is 9.18 Å². The van der Waals surface area contributed by atoms with Gasteiger partial charge in [0, 0.05) is 31.9 Å². The van der Waals surface area contributed by atoms with Crippen LogP contribution in [-0.2, 0) is 6.54 Å². The highest BCUT2D eigenvalue weighted by atomic mass is 19.1. The molecule has 3 fully saturated rings. The lowest BCUT2D eigenvalue weighted by Crippen LogP contribution is -2.38. The van der Waals surface area contributed by atoms with Crippen LogP contribution in [0.4, 0.5) is 16.2 Å². The van der Waals surface area contributed by atoms with Crippen molar-refractivity contribution in [2.24, 2.45) is 17.8 Å². The predicted octanol–water partition coefficient (Wildman–Crippen LogP) is 4.30. The minimum absolute atomic E-state index is 0.141. The standard InChI is InChI=1S/C25H32FN5O/c1-15-3-7-20(8-4-15)29-24(32)21-12-28-25(31-13-18-10-19(18)14-31)30-23(21)27-11-17-6-5-16(2)22(26)9-17/h5-6,9,12,15,18-20H,3-4,7-8,10-11,13-14H2,1-2H3,(H,29,32)(H,27,28,30). The quantitative estimate of drug-likeness (QED) is 0.705. The Kier molecular flexibility index (Phi) is 5.74. The van der Waals surface area contributed by atoms with Crippen LogP contribution in [0.3, 0.4) is 0 Å². The van der Waals surface area contributed by atoms with Crippen LogP contribution in [-0.4, -0.2) is 35.0 Å². The summed E-state index contributed by atoms with van der Waals surface area (Å²) in [5.74, 6) is 3.07. The molecule has 2 heterocycles. The first-order chi connectivity index (χ1) is 15.5. The zero-order valence-corrected chi connectivity index (χ0v) is 18.9. The van der Waals surface area contributed by atoms with E-state index in [2.05, 4.69) is 27.4 Å². The molecule has 5 rings (SSSR count). The van der Waals surface area contributed by atoms with E-state index in [4.69, 9.17) is 4.98 Å². The molecule has 1 aromatic carbocycles. The average Bonchev–Trinajstić information content (AvgIpc) is 3.40. The maximum absolute atomic E-state index is 14.0. The van der Waals surface area contributed by atoms with Crippen LogP contribution >= 0.6 is 0 Å². The van der Waals surface area contributed by atoms with Crippen molar-refractivity contribution in [1.82, 2.24) is 15.3 Å². The van der Waals surface area contributed by atoms with E-state index in [1.54, 1.807) is 19.2 Å². The Hall–Kier alpha value is -2.70. The first kappa shape index (κ1) is 21.2. The molecule has 1 aliphatic heterocycles. The highest BCUT2D eigenvalue weighted by Crippen LogP contribution is 2.45. The van der Waals surface area contributed by atoms with Crippen molar-refractivity contribution in [1.29, 1.82) is 0 Å². The second-order valence-electron chi connectivity index (χ2n) is 9.96. The van der Waals surface area contributed by atoms with Gasteiger partial charge in [0.2, 0.25) is 5.95 Å². The molecule has 6 nitrogen and oxygen atoms in total. The summed E-state index contributed by atoms with van der Waals surface area (Å²) < 4.78 is 14.0. The Morgan fingerprint density at radius 1 is 1.19 bits per heavy atom. The summed E-state index contributed by atoms with van der Waals surface area (Å²) in [5.41, 5.74) is 1.88. The number of amides is 1. The SMILES string of the molecule is Cc1ccc(CNc2nc(N3CC4CC4C3)ncc2C(=O)NC2CCC(C)CC2)cc1F. The molecule has 2 N–H and O–H groups in total. The number of fused-ring (bicyclic) bond motifs is 1. The van der Waals surface area contributed by atoms with Crippen molar-refractivity contribution >= 4 is 17.7 Å². The number of carbonyl (C=O) groups excluding carboxylic acids is 1. The minimum Gasteiger partial charge on any atom is -0.365 e. The van der Waals surface area contributed by atoms with Gasteiger partial charge in [-0.1, -0.05) is 19.1 Å². The van der Waals surface area contributed by atoms with Crippen molar-refractivity contribution in [3.05, 3.63) is 46.9 Å². The average molecular weight is 438 g/mol. The van der Waals surface area contributed by atoms with Gasteiger partial charge in [-0.15, -0.1) is 0 Å². The molecule has 2 saturated carbocycles. The summed E-state index contributed by atoms with van der Waals surface area (Å²) in [4.78, 5) is 24.6. The van der Waals surface area contributed by atoms with Crippen molar-refractivity contribution in [3.8, 4) is 0 Å². The molecule has 7 heteroatoms. The predicted molar refractivity (Wildman–Crippen MR) is 123 cm³/mol. The lowest BCUT2D eigenvalue weighted by Gasteiger charge is -2.27. The van der Waals surface area contributed by atoms with Gasteiger partial charge in [-0.05, 0) is 74.0 Å². The van der Waals surface area contributed by atoms with Gasteiger partial charge in [0.25, 0.3) is 5.91 Å². The van der Waals surface area contributed by atoms with Crippen LogP contribution in [0.2, 0.25) is 0 Å². The van der Waals surface area contributed by atoms with Crippen molar-refractivity contribution < 1.29 is 9.18 Å². The van der Waals surface area contributed by atoms with Crippen LogP contribution in [0.25, 0.3) is 0 Å². The number of hydrogen-bond donors (Lipinski definition) is 2. The number of hydrogen-bond acceptors (Lipinski definition) is 5. The van der Waals surface area contributed by atoms with Gasteiger partial charge in [0.05, 0.1) is 0 Å². The third-order valence-corrected chi connectivity index (χ3v) is 7.33. The molecule has 1 amide bonds. The first-order valence-corrected chi connectivity index (χ1v) is 11.9. The molecular formula is C25H32FN5O. The third kappa shape index (κ3) is 4.57. The fourth-order valence-electron chi connectivity index (χ4n) is 4.99. The van der Waals surface area contributed by atoms with Crippen LogP contribution in [0.5, 0.6) is 0 Å². The number of benzene rings is 1. The fraction of sp³-hybridized carbons (Fsp3) is 0.560. The van der Waals surface area contributed by atoms with E-state index in [0.717, 1.165) is 62.1 Å². The number of aryl methyl sites for hydroxylation is 1. The molecule has 2 aromatic rings. The van der Waals surface area contributed by atoms with E-state index in [-0.39, 0.29) is 17.8 Å². The van der Waals surface area contributed by atoms with E-state index in [1.165, 1.54) is 12.5 Å². The molecule has 2 unspecified atom stereocenters. The number of nitrogens with zero attached hydrogens (tertiary/aromatic N) is 3. The van der Waals surface area contributed by atoms with Gasteiger partial charge in [-0.25, -0.2) is 9.37 Å². The topological polar surface area (TPSA) is 70.2 Å². The number of anilines is 2. The molecule has 1 aromatic heterocycles. The fourth-order valence-corrected chi connectivity index (χ4v) is 4.99. The van der Waals surface area contributed by atoms with E-state index in [0.29, 0.717) is 29.4 Å². The van der Waals surface area contributed by atoms with Crippen molar-refractivity contribution in [3.63, 3.8) is 0 Å². The number of piperidine rings is 1. The highest BCUT2D eigenvalue weighted by molar-refractivity contribution is 5.98. The zero-order valence-electron chi connectivity index (χ0n) is 18.9. The molecule has 170 valence electrons. The summed E-state index contributed by atoms with van der Waals surface area (Å²) in [5, 5.41) is 6.46. The molecular weight excluding hydrogens is 405 g/mol. The first-order valence-electron chi connectivity index (χ1n) is 11.9. The van der Waals surface area contributed by atoms with E-state index >= 15 is 0 Å². The van der Waals surface area contributed by atoms with Crippen LogP contribution in [0, 0.1) is 30.5 Å². The van der Waals surface area contributed by atoms with Gasteiger partial charge in [-0.3, -0.25) is 4.79 Å². The molecule has 0 radical (unpaired) electrons. The molecule has 1 saturated heterocycles. The van der Waals surface area contributed by atoms with Gasteiger partial charge in [-0.2, -0.15) is 4.98 Å². The summed E-state index contributed by atoms with van der Waals surface area (Å²) in [6.07, 6.45) is 7.25. The smallest absolute Gasteiger partial charge is 0.256 e. The van der Waals surface area contributed by atoms with Crippen LogP contribution < -0.4 is 15.5 Å².